The largest absolute Gasteiger partial charge is 0.491 e. The Labute approximate surface area is 109 Å². The standard InChI is InChI=1S/C15H24O3/c1-4-14(16)12-7-9-13(10-8-12)18-11-15(17,5-2)6-3/h7-10,14,16-17H,4-6,11H2,1-3H3/t14-/m1/s1. The molecule has 1 aromatic carbocycles. The molecule has 0 amide bonds. The van der Waals surface area contributed by atoms with Gasteiger partial charge in [0.15, 0.2) is 0 Å². The highest BCUT2D eigenvalue weighted by molar-refractivity contribution is 5.28. The molecule has 0 aromatic heterocycles. The predicted molar refractivity (Wildman–Crippen MR) is 72.7 cm³/mol. The first kappa shape index (κ1) is 15.0. The quantitative estimate of drug-likeness (QED) is 0.784. The molecule has 0 fully saturated rings. The third-order valence-corrected chi connectivity index (χ3v) is 3.48. The zero-order valence-corrected chi connectivity index (χ0v) is 11.5. The maximum Gasteiger partial charge on any atom is 0.119 e. The van der Waals surface area contributed by atoms with Crippen LogP contribution in [0.2, 0.25) is 0 Å². The molecule has 0 saturated carbocycles. The van der Waals surface area contributed by atoms with Gasteiger partial charge in [-0.05, 0) is 37.0 Å². The van der Waals surface area contributed by atoms with E-state index in [2.05, 4.69) is 0 Å². The Bertz CT molecular complexity index is 341. The fraction of sp³-hybridized carbons (Fsp3) is 0.600. The van der Waals surface area contributed by atoms with E-state index in [0.717, 1.165) is 11.3 Å². The molecule has 102 valence electrons. The molecule has 0 aliphatic rings. The van der Waals surface area contributed by atoms with E-state index in [1.807, 2.05) is 45.0 Å². The number of benzene rings is 1. The number of aliphatic hydroxyl groups is 2. The molecular formula is C15H24O3. The lowest BCUT2D eigenvalue weighted by Crippen LogP contribution is -2.34. The van der Waals surface area contributed by atoms with Crippen molar-refractivity contribution in [3.8, 4) is 5.75 Å². The molecule has 3 nitrogen and oxygen atoms in total. The lowest BCUT2D eigenvalue weighted by Gasteiger charge is -2.25. The lowest BCUT2D eigenvalue weighted by atomic mass is 9.99. The molecule has 0 aliphatic heterocycles. The highest BCUT2D eigenvalue weighted by atomic mass is 16.5. The Morgan fingerprint density at radius 1 is 1.11 bits per heavy atom. The van der Waals surface area contributed by atoms with Gasteiger partial charge in [0.05, 0.1) is 11.7 Å². The monoisotopic (exact) mass is 252 g/mol. The molecule has 0 heterocycles. The average molecular weight is 252 g/mol. The zero-order valence-electron chi connectivity index (χ0n) is 11.5. The van der Waals surface area contributed by atoms with E-state index < -0.39 is 11.7 Å². The van der Waals surface area contributed by atoms with Crippen molar-refractivity contribution in [2.45, 2.75) is 51.7 Å². The Morgan fingerprint density at radius 3 is 2.11 bits per heavy atom. The van der Waals surface area contributed by atoms with Gasteiger partial charge in [-0.3, -0.25) is 0 Å². The van der Waals surface area contributed by atoms with E-state index >= 15 is 0 Å². The molecular weight excluding hydrogens is 228 g/mol. The van der Waals surface area contributed by atoms with Crippen molar-refractivity contribution in [3.05, 3.63) is 29.8 Å². The molecule has 0 aliphatic carbocycles. The molecule has 0 saturated heterocycles. The van der Waals surface area contributed by atoms with Crippen LogP contribution in [0.15, 0.2) is 24.3 Å². The summed E-state index contributed by atoms with van der Waals surface area (Å²) in [4.78, 5) is 0. The molecule has 18 heavy (non-hydrogen) atoms. The van der Waals surface area contributed by atoms with Crippen molar-refractivity contribution in [2.75, 3.05) is 6.61 Å². The molecule has 0 radical (unpaired) electrons. The summed E-state index contributed by atoms with van der Waals surface area (Å²) in [6, 6.07) is 7.39. The smallest absolute Gasteiger partial charge is 0.119 e. The third-order valence-electron chi connectivity index (χ3n) is 3.48. The highest BCUT2D eigenvalue weighted by Crippen LogP contribution is 2.22. The van der Waals surface area contributed by atoms with Crippen LogP contribution in [-0.4, -0.2) is 22.4 Å². The zero-order chi connectivity index (χ0) is 13.6. The Hall–Kier alpha value is -1.06. The summed E-state index contributed by atoms with van der Waals surface area (Å²) < 4.78 is 5.59. The maximum atomic E-state index is 10.1. The van der Waals surface area contributed by atoms with Gasteiger partial charge >= 0.3 is 0 Å². The number of rotatable bonds is 7. The highest BCUT2D eigenvalue weighted by Gasteiger charge is 2.23. The van der Waals surface area contributed by atoms with Crippen LogP contribution in [0, 0.1) is 0 Å². The van der Waals surface area contributed by atoms with Gasteiger partial charge in [-0.2, -0.15) is 0 Å². The minimum atomic E-state index is -0.748. The van der Waals surface area contributed by atoms with Crippen molar-refractivity contribution >= 4 is 0 Å². The van der Waals surface area contributed by atoms with Gasteiger partial charge < -0.3 is 14.9 Å². The Balaban J connectivity index is 2.59. The fourth-order valence-corrected chi connectivity index (χ4v) is 1.69. The van der Waals surface area contributed by atoms with E-state index in [0.29, 0.717) is 25.9 Å². The maximum absolute atomic E-state index is 10.1. The summed E-state index contributed by atoms with van der Waals surface area (Å²) in [7, 11) is 0. The summed E-state index contributed by atoms with van der Waals surface area (Å²) in [5.74, 6) is 0.724. The summed E-state index contributed by atoms with van der Waals surface area (Å²) in [6.07, 6.45) is 1.64. The fourth-order valence-electron chi connectivity index (χ4n) is 1.69. The molecule has 3 heteroatoms. The van der Waals surface area contributed by atoms with E-state index in [-0.39, 0.29) is 0 Å². The third kappa shape index (κ3) is 4.00. The van der Waals surface area contributed by atoms with Gasteiger partial charge in [-0.15, -0.1) is 0 Å². The first-order valence-corrected chi connectivity index (χ1v) is 6.67. The van der Waals surface area contributed by atoms with E-state index in [1.165, 1.54) is 0 Å². The van der Waals surface area contributed by atoms with Gasteiger partial charge in [0, 0.05) is 0 Å². The molecule has 0 bridgehead atoms. The molecule has 1 aromatic rings. The molecule has 2 N–H and O–H groups in total. The van der Waals surface area contributed by atoms with E-state index in [9.17, 15) is 10.2 Å². The lowest BCUT2D eigenvalue weighted by molar-refractivity contribution is -0.0113. The minimum Gasteiger partial charge on any atom is -0.491 e. The van der Waals surface area contributed by atoms with E-state index in [1.54, 1.807) is 0 Å². The van der Waals surface area contributed by atoms with Crippen molar-refractivity contribution in [3.63, 3.8) is 0 Å². The number of hydrogen-bond donors (Lipinski definition) is 2. The van der Waals surface area contributed by atoms with Gasteiger partial charge in [0.25, 0.3) is 0 Å². The summed E-state index contributed by atoms with van der Waals surface area (Å²) in [6.45, 7) is 6.15. The summed E-state index contributed by atoms with van der Waals surface area (Å²) in [5.41, 5.74) is 0.146. The average Bonchev–Trinajstić information content (AvgIpc) is 2.44. The van der Waals surface area contributed by atoms with Gasteiger partial charge in [0.2, 0.25) is 0 Å². The van der Waals surface area contributed by atoms with Crippen molar-refractivity contribution < 1.29 is 14.9 Å². The molecule has 0 unspecified atom stereocenters. The molecule has 0 spiro atoms. The number of ether oxygens (including phenoxy) is 1. The normalized spacial score (nSPS) is 13.4. The second kappa shape index (κ2) is 6.76. The Morgan fingerprint density at radius 2 is 1.67 bits per heavy atom. The Kier molecular flexibility index (Phi) is 5.63. The predicted octanol–water partition coefficient (Wildman–Crippen LogP) is 3.06. The van der Waals surface area contributed by atoms with Crippen LogP contribution in [0.3, 0.4) is 0 Å². The molecule has 1 atom stereocenters. The summed E-state index contributed by atoms with van der Waals surface area (Å²) >= 11 is 0. The van der Waals surface area contributed by atoms with Crippen LogP contribution < -0.4 is 4.74 Å². The van der Waals surface area contributed by atoms with Crippen LogP contribution in [0.1, 0.15) is 51.7 Å². The summed E-state index contributed by atoms with van der Waals surface area (Å²) in [5, 5.41) is 19.8. The minimum absolute atomic E-state index is 0.301. The van der Waals surface area contributed by atoms with Crippen LogP contribution in [0.25, 0.3) is 0 Å². The first-order chi connectivity index (χ1) is 8.54. The van der Waals surface area contributed by atoms with E-state index in [4.69, 9.17) is 4.74 Å². The second-order valence-electron chi connectivity index (χ2n) is 4.71. The second-order valence-corrected chi connectivity index (χ2v) is 4.71. The van der Waals surface area contributed by atoms with Gasteiger partial charge in [0.1, 0.15) is 12.4 Å². The van der Waals surface area contributed by atoms with Crippen LogP contribution in [0.4, 0.5) is 0 Å². The molecule has 1 rings (SSSR count). The van der Waals surface area contributed by atoms with Gasteiger partial charge in [-0.25, -0.2) is 0 Å². The van der Waals surface area contributed by atoms with Crippen LogP contribution in [-0.2, 0) is 0 Å². The van der Waals surface area contributed by atoms with Gasteiger partial charge in [-0.1, -0.05) is 32.9 Å². The van der Waals surface area contributed by atoms with Crippen molar-refractivity contribution in [2.24, 2.45) is 0 Å². The number of hydrogen-bond acceptors (Lipinski definition) is 3. The van der Waals surface area contributed by atoms with Crippen molar-refractivity contribution in [1.82, 2.24) is 0 Å². The van der Waals surface area contributed by atoms with Crippen LogP contribution in [0.5, 0.6) is 5.75 Å². The number of aliphatic hydroxyl groups excluding tert-OH is 1. The van der Waals surface area contributed by atoms with Crippen molar-refractivity contribution in [1.29, 1.82) is 0 Å². The SMILES string of the molecule is CC[C@@H](O)c1ccc(OCC(O)(CC)CC)cc1. The first-order valence-electron chi connectivity index (χ1n) is 6.67. The van der Waals surface area contributed by atoms with Crippen LogP contribution >= 0.6 is 0 Å². The topological polar surface area (TPSA) is 49.7 Å².